The molecule has 2 aromatic heterocycles. The van der Waals surface area contributed by atoms with E-state index in [0.29, 0.717) is 55.2 Å². The Kier molecular flexibility index (Phi) is 8.12. The molecule has 0 unspecified atom stereocenters. The maximum atomic E-state index is 12.5. The number of aromatic nitrogens is 3. The molecule has 1 aliphatic carbocycles. The number of nitriles is 1. The van der Waals surface area contributed by atoms with Crippen molar-refractivity contribution in [3.05, 3.63) is 29.6 Å². The van der Waals surface area contributed by atoms with Crippen molar-refractivity contribution in [3.8, 4) is 23.1 Å². The van der Waals surface area contributed by atoms with Gasteiger partial charge in [-0.05, 0) is 25.8 Å². The molecule has 1 amide bonds. The molecule has 9 nitrogen and oxygen atoms in total. The Balaban J connectivity index is 1.57. The predicted molar refractivity (Wildman–Crippen MR) is 128 cm³/mol. The number of pyridine rings is 1. The van der Waals surface area contributed by atoms with Gasteiger partial charge in [-0.1, -0.05) is 0 Å². The SMILES string of the molecule is COCCC(=O)N1CCN(c2nc(C3CC3)c(-c3cnnc(OCCC(F)(F)F)c3)cc2C#N)C[C@H]1C. The van der Waals surface area contributed by atoms with Crippen molar-refractivity contribution in [3.63, 3.8) is 0 Å². The average molecular weight is 519 g/mol. The molecular weight excluding hydrogens is 489 g/mol. The lowest BCUT2D eigenvalue weighted by Gasteiger charge is -2.41. The number of carbonyl (C=O) groups excluding carboxylic acids is 1. The van der Waals surface area contributed by atoms with E-state index in [-0.39, 0.29) is 23.7 Å². The number of amides is 1. The first-order valence-electron chi connectivity index (χ1n) is 12.2. The summed E-state index contributed by atoms with van der Waals surface area (Å²) in [6.45, 7) is 3.39. The van der Waals surface area contributed by atoms with Crippen molar-refractivity contribution in [1.82, 2.24) is 20.1 Å². The van der Waals surface area contributed by atoms with Gasteiger partial charge in [-0.25, -0.2) is 4.98 Å². The first-order valence-corrected chi connectivity index (χ1v) is 12.2. The molecule has 2 aliphatic rings. The van der Waals surface area contributed by atoms with Crippen LogP contribution < -0.4 is 9.64 Å². The van der Waals surface area contributed by atoms with Crippen LogP contribution in [-0.2, 0) is 9.53 Å². The third kappa shape index (κ3) is 6.65. The lowest BCUT2D eigenvalue weighted by molar-refractivity contribution is -0.139. The quantitative estimate of drug-likeness (QED) is 0.495. The zero-order valence-electron chi connectivity index (χ0n) is 20.8. The topological polar surface area (TPSA) is 104 Å². The van der Waals surface area contributed by atoms with Gasteiger partial charge in [0.15, 0.2) is 0 Å². The van der Waals surface area contributed by atoms with E-state index in [1.807, 2.05) is 16.7 Å². The van der Waals surface area contributed by atoms with Crippen LogP contribution in [-0.4, -0.2) is 78.2 Å². The van der Waals surface area contributed by atoms with E-state index in [1.165, 1.54) is 12.3 Å². The molecule has 2 fully saturated rings. The number of nitrogens with zero attached hydrogens (tertiary/aromatic N) is 6. The van der Waals surface area contributed by atoms with E-state index in [1.54, 1.807) is 13.2 Å². The molecule has 37 heavy (non-hydrogen) atoms. The number of methoxy groups -OCH3 is 1. The summed E-state index contributed by atoms with van der Waals surface area (Å²) >= 11 is 0. The van der Waals surface area contributed by atoms with Gasteiger partial charge in [0.2, 0.25) is 11.8 Å². The van der Waals surface area contributed by atoms with Crippen molar-refractivity contribution in [2.75, 3.05) is 44.9 Å². The fourth-order valence-electron chi connectivity index (χ4n) is 4.43. The van der Waals surface area contributed by atoms with Gasteiger partial charge >= 0.3 is 6.18 Å². The molecule has 0 bridgehead atoms. The summed E-state index contributed by atoms with van der Waals surface area (Å²) in [4.78, 5) is 21.3. The van der Waals surface area contributed by atoms with Gasteiger partial charge in [-0.2, -0.15) is 23.5 Å². The second-order valence-electron chi connectivity index (χ2n) is 9.30. The summed E-state index contributed by atoms with van der Waals surface area (Å²) in [5.74, 6) is 0.815. The van der Waals surface area contributed by atoms with Gasteiger partial charge < -0.3 is 19.3 Å². The molecule has 1 saturated heterocycles. The maximum absolute atomic E-state index is 12.5. The van der Waals surface area contributed by atoms with Crippen LogP contribution in [0.3, 0.4) is 0 Å². The minimum atomic E-state index is -4.33. The number of halogens is 3. The Labute approximate surface area is 213 Å². The Hall–Kier alpha value is -3.46. The highest BCUT2D eigenvalue weighted by Crippen LogP contribution is 2.45. The maximum Gasteiger partial charge on any atom is 0.392 e. The normalized spacial score (nSPS) is 18.0. The Morgan fingerprint density at radius 3 is 2.68 bits per heavy atom. The van der Waals surface area contributed by atoms with Crippen molar-refractivity contribution >= 4 is 11.7 Å². The Morgan fingerprint density at radius 2 is 2.03 bits per heavy atom. The third-order valence-corrected chi connectivity index (χ3v) is 6.46. The lowest BCUT2D eigenvalue weighted by Crippen LogP contribution is -2.54. The molecule has 0 radical (unpaired) electrons. The largest absolute Gasteiger partial charge is 0.476 e. The average Bonchev–Trinajstić information content (AvgIpc) is 3.71. The van der Waals surface area contributed by atoms with Crippen molar-refractivity contribution in [1.29, 1.82) is 5.26 Å². The third-order valence-electron chi connectivity index (χ3n) is 6.46. The number of anilines is 1. The summed E-state index contributed by atoms with van der Waals surface area (Å²) in [6, 6.07) is 5.46. The summed E-state index contributed by atoms with van der Waals surface area (Å²) < 4.78 is 47.6. The number of piperazine rings is 1. The van der Waals surface area contributed by atoms with Crippen LogP contribution in [0.2, 0.25) is 0 Å². The second kappa shape index (κ2) is 11.3. The van der Waals surface area contributed by atoms with E-state index in [9.17, 15) is 23.2 Å². The summed E-state index contributed by atoms with van der Waals surface area (Å²) in [5.41, 5.74) is 2.47. The van der Waals surface area contributed by atoms with Crippen LogP contribution in [0.25, 0.3) is 11.1 Å². The molecule has 12 heteroatoms. The molecule has 2 aromatic rings. The van der Waals surface area contributed by atoms with Gasteiger partial charge in [-0.3, -0.25) is 4.79 Å². The number of ether oxygens (including phenoxy) is 2. The zero-order valence-corrected chi connectivity index (χ0v) is 20.8. The minimum Gasteiger partial charge on any atom is -0.476 e. The van der Waals surface area contributed by atoms with E-state index in [2.05, 4.69) is 16.3 Å². The highest BCUT2D eigenvalue weighted by molar-refractivity contribution is 5.77. The van der Waals surface area contributed by atoms with Crippen LogP contribution in [0.1, 0.15) is 49.8 Å². The number of hydrogen-bond donors (Lipinski definition) is 0. The smallest absolute Gasteiger partial charge is 0.392 e. The molecule has 1 atom stereocenters. The van der Waals surface area contributed by atoms with Crippen LogP contribution in [0.15, 0.2) is 18.3 Å². The van der Waals surface area contributed by atoms with Crippen molar-refractivity contribution in [2.45, 2.75) is 50.7 Å². The van der Waals surface area contributed by atoms with Gasteiger partial charge in [0, 0.05) is 55.9 Å². The highest BCUT2D eigenvalue weighted by Gasteiger charge is 2.33. The summed E-state index contributed by atoms with van der Waals surface area (Å²) in [5, 5.41) is 17.6. The zero-order chi connectivity index (χ0) is 26.6. The number of carbonyl (C=O) groups is 1. The van der Waals surface area contributed by atoms with Gasteiger partial charge in [0.25, 0.3) is 0 Å². The summed E-state index contributed by atoms with van der Waals surface area (Å²) in [7, 11) is 1.56. The molecule has 0 spiro atoms. The van der Waals surface area contributed by atoms with Crippen LogP contribution in [0, 0.1) is 11.3 Å². The Bertz CT molecular complexity index is 1170. The Morgan fingerprint density at radius 1 is 1.24 bits per heavy atom. The first kappa shape index (κ1) is 26.6. The van der Waals surface area contributed by atoms with E-state index >= 15 is 0 Å². The number of alkyl halides is 3. The van der Waals surface area contributed by atoms with Gasteiger partial charge in [0.05, 0.1) is 43.5 Å². The molecule has 1 aliphatic heterocycles. The molecular formula is C25H29F3N6O3. The first-order chi connectivity index (χ1) is 17.7. The number of hydrogen-bond acceptors (Lipinski definition) is 8. The number of rotatable bonds is 9. The fraction of sp³-hybridized carbons (Fsp3) is 0.560. The monoisotopic (exact) mass is 518 g/mol. The van der Waals surface area contributed by atoms with Crippen molar-refractivity contribution in [2.24, 2.45) is 0 Å². The second-order valence-corrected chi connectivity index (χ2v) is 9.30. The predicted octanol–water partition coefficient (Wildman–Crippen LogP) is 3.69. The van der Waals surface area contributed by atoms with Crippen LogP contribution in [0.4, 0.5) is 19.0 Å². The van der Waals surface area contributed by atoms with Gasteiger partial charge in [0.1, 0.15) is 11.9 Å². The highest BCUT2D eigenvalue weighted by atomic mass is 19.4. The van der Waals surface area contributed by atoms with E-state index in [0.717, 1.165) is 18.5 Å². The van der Waals surface area contributed by atoms with E-state index < -0.39 is 19.2 Å². The molecule has 198 valence electrons. The van der Waals surface area contributed by atoms with Crippen LogP contribution >= 0.6 is 0 Å². The lowest BCUT2D eigenvalue weighted by atomic mass is 10.0. The van der Waals surface area contributed by atoms with Crippen molar-refractivity contribution < 1.29 is 27.4 Å². The molecule has 0 N–H and O–H groups in total. The standard InChI is InChI=1S/C25H29F3N6O3/c1-16-15-33(7-8-34(16)22(35)5-9-36-2)24-18(13-29)11-20(23(31-24)17-3-4-17)19-12-21(32-30-14-19)37-10-6-25(26,27)28/h11-12,14,16-17H,3-10,15H2,1-2H3/t16-/m1/s1. The summed E-state index contributed by atoms with van der Waals surface area (Å²) in [6.07, 6.45) is -1.69. The molecule has 0 aromatic carbocycles. The van der Waals surface area contributed by atoms with Gasteiger partial charge in [-0.15, -0.1) is 5.10 Å². The fourth-order valence-corrected chi connectivity index (χ4v) is 4.43. The van der Waals surface area contributed by atoms with Crippen LogP contribution in [0.5, 0.6) is 5.88 Å². The minimum absolute atomic E-state index is 0.0193. The molecule has 3 heterocycles. The molecule has 4 rings (SSSR count). The van der Waals surface area contributed by atoms with E-state index in [4.69, 9.17) is 14.5 Å². The molecule has 1 saturated carbocycles.